The minimum Gasteiger partial charge on any atom is -0.489 e. The average Bonchev–Trinajstić information content (AvgIpc) is 2.26. The van der Waals surface area contributed by atoms with Crippen LogP contribution in [-0.2, 0) is 0 Å². The molecule has 0 aromatic heterocycles. The van der Waals surface area contributed by atoms with Crippen LogP contribution in [0.1, 0.15) is 30.6 Å². The summed E-state index contributed by atoms with van der Waals surface area (Å²) < 4.78 is 18.6. The minimum absolute atomic E-state index is 0.0628. The normalized spacial score (nSPS) is 12.2. The standard InChI is InChI=1S/C12H15FO2/c1-3-9(2)8-15-12-10(7-14)5-4-6-11(12)13/h4-7,9H,3,8H2,1-2H3. The third kappa shape index (κ3) is 3.05. The molecule has 0 spiro atoms. The van der Waals surface area contributed by atoms with Crippen molar-refractivity contribution in [3.8, 4) is 5.75 Å². The molecule has 0 aliphatic carbocycles. The Kier molecular flexibility index (Phi) is 4.28. The van der Waals surface area contributed by atoms with E-state index < -0.39 is 5.82 Å². The van der Waals surface area contributed by atoms with E-state index in [0.29, 0.717) is 18.8 Å². The second kappa shape index (κ2) is 5.49. The summed E-state index contributed by atoms with van der Waals surface area (Å²) in [5.74, 6) is -0.0696. The molecule has 0 heterocycles. The molecule has 0 bridgehead atoms. The van der Waals surface area contributed by atoms with Crippen LogP contribution in [-0.4, -0.2) is 12.9 Å². The molecule has 0 saturated carbocycles. The van der Waals surface area contributed by atoms with Crippen LogP contribution in [0.3, 0.4) is 0 Å². The summed E-state index contributed by atoms with van der Waals surface area (Å²) in [5, 5.41) is 0. The highest BCUT2D eigenvalue weighted by Crippen LogP contribution is 2.21. The maximum atomic E-state index is 13.3. The van der Waals surface area contributed by atoms with E-state index in [2.05, 4.69) is 0 Å². The molecule has 1 unspecified atom stereocenters. The topological polar surface area (TPSA) is 26.3 Å². The summed E-state index contributed by atoms with van der Waals surface area (Å²) in [6.07, 6.45) is 1.57. The summed E-state index contributed by atoms with van der Waals surface area (Å²) >= 11 is 0. The molecule has 3 heteroatoms. The van der Waals surface area contributed by atoms with Gasteiger partial charge in [-0.1, -0.05) is 26.3 Å². The van der Waals surface area contributed by atoms with Gasteiger partial charge >= 0.3 is 0 Å². The van der Waals surface area contributed by atoms with E-state index in [0.717, 1.165) is 6.42 Å². The number of hydrogen-bond donors (Lipinski definition) is 0. The number of halogens is 1. The second-order valence-corrected chi connectivity index (χ2v) is 3.60. The van der Waals surface area contributed by atoms with Crippen molar-refractivity contribution in [1.29, 1.82) is 0 Å². The van der Waals surface area contributed by atoms with Gasteiger partial charge in [-0.2, -0.15) is 0 Å². The number of rotatable bonds is 5. The molecule has 0 aliphatic rings. The van der Waals surface area contributed by atoms with Crippen LogP contribution >= 0.6 is 0 Å². The molecule has 82 valence electrons. The lowest BCUT2D eigenvalue weighted by Crippen LogP contribution is -2.09. The molecule has 0 amide bonds. The Morgan fingerprint density at radius 2 is 2.27 bits per heavy atom. The van der Waals surface area contributed by atoms with E-state index in [1.807, 2.05) is 13.8 Å². The Balaban J connectivity index is 2.78. The molecule has 0 saturated heterocycles. The number of aldehydes is 1. The van der Waals surface area contributed by atoms with Gasteiger partial charge in [0, 0.05) is 0 Å². The third-order valence-electron chi connectivity index (χ3n) is 2.33. The van der Waals surface area contributed by atoms with Crippen LogP contribution in [0, 0.1) is 11.7 Å². The molecule has 0 radical (unpaired) electrons. The van der Waals surface area contributed by atoms with E-state index in [4.69, 9.17) is 4.74 Å². The molecule has 0 N–H and O–H groups in total. The van der Waals surface area contributed by atoms with Crippen molar-refractivity contribution in [3.63, 3.8) is 0 Å². The molecule has 1 rings (SSSR count). The number of benzene rings is 1. The first-order valence-corrected chi connectivity index (χ1v) is 5.05. The van der Waals surface area contributed by atoms with Gasteiger partial charge in [-0.3, -0.25) is 4.79 Å². The number of carbonyl (C=O) groups is 1. The van der Waals surface area contributed by atoms with Gasteiger partial charge in [-0.25, -0.2) is 4.39 Å². The van der Waals surface area contributed by atoms with E-state index in [9.17, 15) is 9.18 Å². The molecule has 1 aromatic carbocycles. The smallest absolute Gasteiger partial charge is 0.165 e. The first-order valence-electron chi connectivity index (χ1n) is 5.05. The highest BCUT2D eigenvalue weighted by Gasteiger charge is 2.10. The van der Waals surface area contributed by atoms with Crippen molar-refractivity contribution in [2.45, 2.75) is 20.3 Å². The molecule has 0 aliphatic heterocycles. The number of carbonyl (C=O) groups excluding carboxylic acids is 1. The zero-order valence-electron chi connectivity index (χ0n) is 9.00. The zero-order valence-corrected chi connectivity index (χ0v) is 9.00. The van der Waals surface area contributed by atoms with Crippen LogP contribution in [0.2, 0.25) is 0 Å². The fourth-order valence-electron chi connectivity index (χ4n) is 1.11. The lowest BCUT2D eigenvalue weighted by Gasteiger charge is -2.12. The fraction of sp³-hybridized carbons (Fsp3) is 0.417. The SMILES string of the molecule is CCC(C)COc1c(F)cccc1C=O. The molecule has 1 aromatic rings. The summed E-state index contributed by atoms with van der Waals surface area (Å²) in [6.45, 7) is 4.48. The van der Waals surface area contributed by atoms with E-state index in [1.54, 1.807) is 6.07 Å². The highest BCUT2D eigenvalue weighted by molar-refractivity contribution is 5.79. The Morgan fingerprint density at radius 1 is 1.53 bits per heavy atom. The zero-order chi connectivity index (χ0) is 11.3. The Bertz CT molecular complexity index is 336. The van der Waals surface area contributed by atoms with Crippen LogP contribution in [0.25, 0.3) is 0 Å². The monoisotopic (exact) mass is 210 g/mol. The van der Waals surface area contributed by atoms with Crippen LogP contribution in [0.15, 0.2) is 18.2 Å². The summed E-state index contributed by atoms with van der Waals surface area (Å²) in [5.41, 5.74) is 0.262. The highest BCUT2D eigenvalue weighted by atomic mass is 19.1. The predicted octanol–water partition coefficient (Wildman–Crippen LogP) is 3.06. The van der Waals surface area contributed by atoms with Gasteiger partial charge in [0.05, 0.1) is 12.2 Å². The number of ether oxygens (including phenoxy) is 1. The Hall–Kier alpha value is -1.38. The Labute approximate surface area is 89.1 Å². The predicted molar refractivity (Wildman–Crippen MR) is 56.7 cm³/mol. The molecular formula is C12H15FO2. The molecule has 1 atom stereocenters. The quantitative estimate of drug-likeness (QED) is 0.698. The first-order chi connectivity index (χ1) is 7.19. The van der Waals surface area contributed by atoms with Gasteiger partial charge in [0.2, 0.25) is 0 Å². The van der Waals surface area contributed by atoms with Gasteiger partial charge in [0.1, 0.15) is 0 Å². The number of hydrogen-bond acceptors (Lipinski definition) is 2. The lowest BCUT2D eigenvalue weighted by atomic mass is 10.1. The van der Waals surface area contributed by atoms with E-state index in [1.165, 1.54) is 12.1 Å². The summed E-state index contributed by atoms with van der Waals surface area (Å²) in [4.78, 5) is 10.6. The molecular weight excluding hydrogens is 195 g/mol. The van der Waals surface area contributed by atoms with E-state index in [-0.39, 0.29) is 11.3 Å². The van der Waals surface area contributed by atoms with E-state index >= 15 is 0 Å². The second-order valence-electron chi connectivity index (χ2n) is 3.60. The Morgan fingerprint density at radius 3 is 2.87 bits per heavy atom. The first kappa shape index (κ1) is 11.7. The van der Waals surface area contributed by atoms with Crippen LogP contribution in [0.4, 0.5) is 4.39 Å². The van der Waals surface area contributed by atoms with Crippen molar-refractivity contribution in [3.05, 3.63) is 29.6 Å². The largest absolute Gasteiger partial charge is 0.489 e. The fourth-order valence-corrected chi connectivity index (χ4v) is 1.11. The van der Waals surface area contributed by atoms with Crippen molar-refractivity contribution >= 4 is 6.29 Å². The van der Waals surface area contributed by atoms with Crippen molar-refractivity contribution in [2.24, 2.45) is 5.92 Å². The average molecular weight is 210 g/mol. The van der Waals surface area contributed by atoms with Crippen molar-refractivity contribution in [2.75, 3.05) is 6.61 Å². The van der Waals surface area contributed by atoms with Crippen LogP contribution in [0.5, 0.6) is 5.75 Å². The van der Waals surface area contributed by atoms with Gasteiger partial charge < -0.3 is 4.74 Å². The molecule has 2 nitrogen and oxygen atoms in total. The van der Waals surface area contributed by atoms with Gasteiger partial charge in [0.25, 0.3) is 0 Å². The van der Waals surface area contributed by atoms with Gasteiger partial charge in [-0.05, 0) is 18.1 Å². The lowest BCUT2D eigenvalue weighted by molar-refractivity contribution is 0.111. The molecule has 0 fully saturated rings. The number of para-hydroxylation sites is 1. The third-order valence-corrected chi connectivity index (χ3v) is 2.33. The van der Waals surface area contributed by atoms with Crippen molar-refractivity contribution < 1.29 is 13.9 Å². The maximum absolute atomic E-state index is 13.3. The summed E-state index contributed by atoms with van der Waals surface area (Å²) in [7, 11) is 0. The molecule has 15 heavy (non-hydrogen) atoms. The van der Waals surface area contributed by atoms with Gasteiger partial charge in [0.15, 0.2) is 17.9 Å². The van der Waals surface area contributed by atoms with Crippen molar-refractivity contribution in [1.82, 2.24) is 0 Å². The maximum Gasteiger partial charge on any atom is 0.165 e. The summed E-state index contributed by atoms with van der Waals surface area (Å²) in [6, 6.07) is 4.33. The van der Waals surface area contributed by atoms with Crippen LogP contribution < -0.4 is 4.74 Å². The van der Waals surface area contributed by atoms with Gasteiger partial charge in [-0.15, -0.1) is 0 Å². The minimum atomic E-state index is -0.483.